The number of carboxylic acids is 1. The number of carbonyl (C=O) groups is 2. The third-order valence-electron chi connectivity index (χ3n) is 1.91. The predicted octanol–water partition coefficient (Wildman–Crippen LogP) is 1.27. The molecule has 0 aromatic rings. The second kappa shape index (κ2) is 5.07. The lowest BCUT2D eigenvalue weighted by Gasteiger charge is -2.28. The molecule has 0 saturated carbocycles. The monoisotopic (exact) mass is 254 g/mol. The van der Waals surface area contributed by atoms with Crippen molar-refractivity contribution in [1.29, 1.82) is 0 Å². The van der Waals surface area contributed by atoms with Crippen LogP contribution in [-0.2, 0) is 4.79 Å². The maximum absolute atomic E-state index is 12.5. The van der Waals surface area contributed by atoms with Crippen LogP contribution in [0.4, 0.5) is 18.0 Å². The van der Waals surface area contributed by atoms with E-state index >= 15 is 0 Å². The van der Waals surface area contributed by atoms with Gasteiger partial charge in [0.15, 0.2) is 0 Å². The van der Waals surface area contributed by atoms with Gasteiger partial charge in [-0.25, -0.2) is 9.59 Å². The molecule has 0 aromatic heterocycles. The first kappa shape index (κ1) is 15.3. The zero-order chi connectivity index (χ0) is 13.9. The van der Waals surface area contributed by atoms with Gasteiger partial charge >= 0.3 is 18.2 Å². The molecular formula is C9H13F3N2O3. The Morgan fingerprint density at radius 2 is 1.82 bits per heavy atom. The van der Waals surface area contributed by atoms with Crippen molar-refractivity contribution in [1.82, 2.24) is 10.6 Å². The Kier molecular flexibility index (Phi) is 4.55. The van der Waals surface area contributed by atoms with E-state index in [1.54, 1.807) is 6.92 Å². The normalized spacial score (nSPS) is 14.6. The first-order valence-corrected chi connectivity index (χ1v) is 4.51. The van der Waals surface area contributed by atoms with Crippen LogP contribution >= 0.6 is 0 Å². The van der Waals surface area contributed by atoms with Crippen LogP contribution in [0.5, 0.6) is 0 Å². The zero-order valence-corrected chi connectivity index (χ0v) is 9.31. The zero-order valence-electron chi connectivity index (χ0n) is 9.31. The molecule has 1 atom stereocenters. The van der Waals surface area contributed by atoms with Gasteiger partial charge in [0.25, 0.3) is 0 Å². The number of nitrogens with one attached hydrogen (secondary N) is 2. The highest BCUT2D eigenvalue weighted by Crippen LogP contribution is 2.30. The molecule has 0 aliphatic carbocycles. The maximum Gasteiger partial charge on any atom is 0.422 e. The summed E-state index contributed by atoms with van der Waals surface area (Å²) in [4.78, 5) is 21.6. The van der Waals surface area contributed by atoms with Crippen molar-refractivity contribution >= 4 is 12.0 Å². The van der Waals surface area contributed by atoms with E-state index in [-0.39, 0.29) is 6.54 Å². The number of hydrogen-bond acceptors (Lipinski definition) is 2. The lowest BCUT2D eigenvalue weighted by molar-refractivity contribution is -0.203. The van der Waals surface area contributed by atoms with Gasteiger partial charge in [-0.3, -0.25) is 0 Å². The van der Waals surface area contributed by atoms with E-state index in [1.165, 1.54) is 5.32 Å². The van der Waals surface area contributed by atoms with Crippen LogP contribution in [0.1, 0.15) is 13.8 Å². The first-order chi connectivity index (χ1) is 7.50. The van der Waals surface area contributed by atoms with Crippen LogP contribution in [-0.4, -0.2) is 35.4 Å². The van der Waals surface area contributed by atoms with Gasteiger partial charge < -0.3 is 15.7 Å². The van der Waals surface area contributed by atoms with Crippen LogP contribution in [0.3, 0.4) is 0 Å². The number of hydrogen-bond donors (Lipinski definition) is 3. The number of halogens is 3. The average molecular weight is 254 g/mol. The van der Waals surface area contributed by atoms with Crippen LogP contribution in [0.15, 0.2) is 12.2 Å². The minimum absolute atomic E-state index is 0.0423. The fraction of sp³-hybridized carbons (Fsp3) is 0.556. The summed E-state index contributed by atoms with van der Waals surface area (Å²) in [7, 11) is 0. The summed E-state index contributed by atoms with van der Waals surface area (Å²) in [5, 5.41) is 11.9. The van der Waals surface area contributed by atoms with Crippen LogP contribution in [0.2, 0.25) is 0 Å². The third-order valence-corrected chi connectivity index (χ3v) is 1.91. The van der Waals surface area contributed by atoms with E-state index < -0.39 is 23.7 Å². The molecule has 0 aliphatic heterocycles. The molecule has 98 valence electrons. The lowest BCUT2D eigenvalue weighted by atomic mass is 10.0. The fourth-order valence-corrected chi connectivity index (χ4v) is 0.748. The Labute approximate surface area is 95.7 Å². The Balaban J connectivity index is 4.74. The smallest absolute Gasteiger partial charge is 0.422 e. The van der Waals surface area contributed by atoms with Crippen LogP contribution < -0.4 is 10.6 Å². The Hall–Kier alpha value is -1.73. The molecule has 0 saturated heterocycles. The molecule has 5 nitrogen and oxygen atoms in total. The summed E-state index contributed by atoms with van der Waals surface area (Å²) >= 11 is 0. The minimum Gasteiger partial charge on any atom is -0.479 e. The van der Waals surface area contributed by atoms with Gasteiger partial charge in [0.2, 0.25) is 5.54 Å². The molecule has 0 bridgehead atoms. The quantitative estimate of drug-likeness (QED) is 0.661. The molecule has 0 rings (SSSR count). The van der Waals surface area contributed by atoms with Crippen molar-refractivity contribution in [3.8, 4) is 0 Å². The highest BCUT2D eigenvalue weighted by molar-refractivity contribution is 5.86. The van der Waals surface area contributed by atoms with Gasteiger partial charge in [0, 0.05) is 6.54 Å². The highest BCUT2D eigenvalue weighted by Gasteiger charge is 2.58. The number of carbonyl (C=O) groups excluding carboxylic acids is 1. The van der Waals surface area contributed by atoms with E-state index in [0.29, 0.717) is 12.5 Å². The van der Waals surface area contributed by atoms with E-state index in [4.69, 9.17) is 5.11 Å². The number of rotatable bonds is 4. The molecule has 0 spiro atoms. The van der Waals surface area contributed by atoms with E-state index in [2.05, 4.69) is 11.9 Å². The number of alkyl halides is 3. The van der Waals surface area contributed by atoms with E-state index in [1.807, 2.05) is 0 Å². The summed E-state index contributed by atoms with van der Waals surface area (Å²) in [5.41, 5.74) is -2.81. The SMILES string of the molecule is C=C(C)CNC(=O)NC(C)(C(=O)O)C(F)(F)F. The average Bonchev–Trinajstić information content (AvgIpc) is 2.12. The Bertz CT molecular complexity index is 341. The van der Waals surface area contributed by atoms with Crippen LogP contribution in [0, 0.1) is 0 Å². The standard InChI is InChI=1S/C9H13F3N2O3/c1-5(2)4-13-7(17)14-8(3,6(15)16)9(10,11)12/h1,4H2,2-3H3,(H,15,16)(H2,13,14,17). The topological polar surface area (TPSA) is 78.4 Å². The molecule has 3 N–H and O–H groups in total. The second-order valence-electron chi connectivity index (χ2n) is 3.69. The number of aliphatic carboxylic acids is 1. The third kappa shape index (κ3) is 3.97. The van der Waals surface area contributed by atoms with Crippen molar-refractivity contribution in [3.05, 3.63) is 12.2 Å². The molecule has 0 fully saturated rings. The Morgan fingerprint density at radius 1 is 1.35 bits per heavy atom. The summed E-state index contributed by atoms with van der Waals surface area (Å²) in [6, 6.07) is -1.23. The van der Waals surface area contributed by atoms with Gasteiger partial charge in [0.05, 0.1) is 0 Å². The van der Waals surface area contributed by atoms with Gasteiger partial charge in [-0.1, -0.05) is 12.2 Å². The van der Waals surface area contributed by atoms with Crippen molar-refractivity contribution in [2.75, 3.05) is 6.54 Å². The van der Waals surface area contributed by atoms with Gasteiger partial charge in [0.1, 0.15) is 0 Å². The molecule has 1 unspecified atom stereocenters. The second-order valence-corrected chi connectivity index (χ2v) is 3.69. The van der Waals surface area contributed by atoms with Crippen molar-refractivity contribution in [3.63, 3.8) is 0 Å². The van der Waals surface area contributed by atoms with Crippen LogP contribution in [0.25, 0.3) is 0 Å². The van der Waals surface area contributed by atoms with E-state index in [0.717, 1.165) is 0 Å². The summed E-state index contributed by atoms with van der Waals surface area (Å²) in [5.74, 6) is -2.18. The van der Waals surface area contributed by atoms with Gasteiger partial charge in [-0.05, 0) is 13.8 Å². The maximum atomic E-state index is 12.5. The number of carboxylic acid groups (broad SMARTS) is 1. The largest absolute Gasteiger partial charge is 0.479 e. The molecule has 17 heavy (non-hydrogen) atoms. The summed E-state index contributed by atoms with van der Waals surface area (Å²) < 4.78 is 37.4. The van der Waals surface area contributed by atoms with Crippen molar-refractivity contribution < 1.29 is 27.9 Å². The summed E-state index contributed by atoms with van der Waals surface area (Å²) in [6.45, 7) is 5.31. The first-order valence-electron chi connectivity index (χ1n) is 4.51. The predicted molar refractivity (Wildman–Crippen MR) is 53.4 cm³/mol. The van der Waals surface area contributed by atoms with Gasteiger partial charge in [-0.2, -0.15) is 13.2 Å². The van der Waals surface area contributed by atoms with E-state index in [9.17, 15) is 22.8 Å². The van der Waals surface area contributed by atoms with Crippen molar-refractivity contribution in [2.24, 2.45) is 0 Å². The highest BCUT2D eigenvalue weighted by atomic mass is 19.4. The minimum atomic E-state index is -5.10. The molecule has 8 heteroatoms. The fourth-order valence-electron chi connectivity index (χ4n) is 0.748. The van der Waals surface area contributed by atoms with Crippen molar-refractivity contribution in [2.45, 2.75) is 25.6 Å². The summed E-state index contributed by atoms with van der Waals surface area (Å²) in [6.07, 6.45) is -5.10. The molecule has 0 aliphatic rings. The Morgan fingerprint density at radius 3 is 2.12 bits per heavy atom. The number of amides is 2. The molecule has 0 radical (unpaired) electrons. The van der Waals surface area contributed by atoms with Gasteiger partial charge in [-0.15, -0.1) is 0 Å². The molecule has 0 heterocycles. The molecule has 0 aromatic carbocycles. The number of urea groups is 1. The molecular weight excluding hydrogens is 241 g/mol. The molecule has 2 amide bonds. The lowest BCUT2D eigenvalue weighted by Crippen LogP contribution is -2.63.